The van der Waals surface area contributed by atoms with E-state index in [-0.39, 0.29) is 28.7 Å². The number of hydrogen-bond acceptors (Lipinski definition) is 4. The van der Waals surface area contributed by atoms with Crippen molar-refractivity contribution in [2.45, 2.75) is 13.5 Å². The molecule has 0 radical (unpaired) electrons. The fourth-order valence-corrected chi connectivity index (χ4v) is 2.09. The molecule has 0 atom stereocenters. The summed E-state index contributed by atoms with van der Waals surface area (Å²) in [6.07, 6.45) is 0. The van der Waals surface area contributed by atoms with Gasteiger partial charge in [0.2, 0.25) is 0 Å². The van der Waals surface area contributed by atoms with Gasteiger partial charge < -0.3 is 10.5 Å². The Bertz CT molecular complexity index is 758. The molecule has 21 heavy (non-hydrogen) atoms. The zero-order valence-electron chi connectivity index (χ0n) is 11.6. The molecule has 0 saturated carbocycles. The number of aryl methyl sites for hydroxylation is 1. The van der Waals surface area contributed by atoms with Crippen LogP contribution < -0.4 is 16.0 Å². The van der Waals surface area contributed by atoms with Gasteiger partial charge in [-0.15, -0.1) is 0 Å². The van der Waals surface area contributed by atoms with E-state index >= 15 is 0 Å². The molecule has 0 spiro atoms. The van der Waals surface area contributed by atoms with Crippen molar-refractivity contribution in [3.63, 3.8) is 0 Å². The van der Waals surface area contributed by atoms with Crippen LogP contribution in [-0.4, -0.2) is 21.6 Å². The van der Waals surface area contributed by atoms with Crippen molar-refractivity contribution in [2.75, 3.05) is 7.11 Å². The number of thiocarbonyl (C=S) groups is 1. The van der Waals surface area contributed by atoms with E-state index in [0.29, 0.717) is 11.3 Å². The number of nitrogens with two attached hydrogens (primary N) is 1. The second kappa shape index (κ2) is 6.01. The highest BCUT2D eigenvalue weighted by atomic mass is 32.1. The summed E-state index contributed by atoms with van der Waals surface area (Å²) in [5, 5.41) is 0. The largest absolute Gasteiger partial charge is 0.468 e. The first-order chi connectivity index (χ1) is 9.92. The molecule has 1 aromatic carbocycles. The lowest BCUT2D eigenvalue weighted by Crippen LogP contribution is -2.23. The lowest BCUT2D eigenvalue weighted by Gasteiger charge is -2.12. The summed E-state index contributed by atoms with van der Waals surface area (Å²) in [7, 11) is 1.43. The number of aromatic nitrogens is 2. The van der Waals surface area contributed by atoms with Crippen LogP contribution in [0.15, 0.2) is 29.1 Å². The summed E-state index contributed by atoms with van der Waals surface area (Å²) in [6.45, 7) is 1.89. The van der Waals surface area contributed by atoms with Gasteiger partial charge in [0.05, 0.1) is 13.7 Å². The molecule has 0 saturated heterocycles. The Hall–Kier alpha value is -2.28. The Balaban J connectivity index is 2.46. The van der Waals surface area contributed by atoms with Gasteiger partial charge in [-0.1, -0.05) is 18.3 Å². The van der Waals surface area contributed by atoms with Crippen LogP contribution in [0.5, 0.6) is 6.01 Å². The zero-order chi connectivity index (χ0) is 15.6. The van der Waals surface area contributed by atoms with Crippen molar-refractivity contribution < 1.29 is 9.13 Å². The predicted molar refractivity (Wildman–Crippen MR) is 81.2 cm³/mol. The van der Waals surface area contributed by atoms with Gasteiger partial charge in [0.1, 0.15) is 10.8 Å². The number of methoxy groups -OCH3 is 1. The highest BCUT2D eigenvalue weighted by Crippen LogP contribution is 2.13. The lowest BCUT2D eigenvalue weighted by atomic mass is 10.1. The zero-order valence-corrected chi connectivity index (χ0v) is 12.4. The maximum atomic E-state index is 13.6. The van der Waals surface area contributed by atoms with Crippen LogP contribution in [0.1, 0.15) is 16.8 Å². The van der Waals surface area contributed by atoms with E-state index in [1.54, 1.807) is 13.0 Å². The molecule has 1 aromatic heterocycles. The van der Waals surface area contributed by atoms with Crippen LogP contribution in [0.4, 0.5) is 4.39 Å². The molecule has 0 aliphatic rings. The Kier molecular flexibility index (Phi) is 4.32. The lowest BCUT2D eigenvalue weighted by molar-refractivity contribution is 0.350. The Morgan fingerprint density at radius 1 is 1.48 bits per heavy atom. The van der Waals surface area contributed by atoms with E-state index in [1.807, 2.05) is 0 Å². The first-order valence-corrected chi connectivity index (χ1v) is 6.54. The highest BCUT2D eigenvalue weighted by molar-refractivity contribution is 7.80. The maximum Gasteiger partial charge on any atom is 0.299 e. The summed E-state index contributed by atoms with van der Waals surface area (Å²) in [5.41, 5.74) is 6.60. The second-order valence-electron chi connectivity index (χ2n) is 4.49. The van der Waals surface area contributed by atoms with Gasteiger partial charge in [-0.25, -0.2) is 9.37 Å². The third kappa shape index (κ3) is 3.25. The van der Waals surface area contributed by atoms with Crippen LogP contribution in [0, 0.1) is 12.7 Å². The van der Waals surface area contributed by atoms with Crippen molar-refractivity contribution >= 4 is 17.2 Å². The smallest absolute Gasteiger partial charge is 0.299 e. The van der Waals surface area contributed by atoms with Crippen LogP contribution in [-0.2, 0) is 6.54 Å². The number of ether oxygens (including phenoxy) is 1. The molecule has 2 N–H and O–H groups in total. The van der Waals surface area contributed by atoms with E-state index in [4.69, 9.17) is 22.7 Å². The van der Waals surface area contributed by atoms with Gasteiger partial charge in [-0.2, -0.15) is 0 Å². The SMILES string of the molecule is COc1nc(C)cc(=O)n1Cc1ccc(F)c(C(N)=S)c1. The minimum absolute atomic E-state index is 0.0318. The standard InChI is InChI=1S/C14H14FN3O2S/c1-8-5-12(19)18(14(17-8)20-2)7-9-3-4-11(15)10(6-9)13(16)21/h3-6H,7H2,1-2H3,(H2,16,21). The summed E-state index contributed by atoms with van der Waals surface area (Å²) < 4.78 is 20.0. The van der Waals surface area contributed by atoms with Gasteiger partial charge in [-0.05, 0) is 24.6 Å². The van der Waals surface area contributed by atoms with E-state index in [0.717, 1.165) is 0 Å². The molecule has 2 rings (SSSR count). The van der Waals surface area contributed by atoms with Crippen LogP contribution in [0.2, 0.25) is 0 Å². The molecule has 0 aliphatic carbocycles. The van der Waals surface area contributed by atoms with E-state index in [9.17, 15) is 9.18 Å². The average molecular weight is 307 g/mol. The minimum atomic E-state index is -0.493. The van der Waals surface area contributed by atoms with Gasteiger partial charge in [0.15, 0.2) is 0 Å². The molecule has 0 amide bonds. The Labute approximate surface area is 126 Å². The second-order valence-corrected chi connectivity index (χ2v) is 4.93. The van der Waals surface area contributed by atoms with Gasteiger partial charge in [0.25, 0.3) is 11.6 Å². The van der Waals surface area contributed by atoms with Crippen molar-refractivity contribution in [1.82, 2.24) is 9.55 Å². The molecular weight excluding hydrogens is 293 g/mol. The molecule has 0 fully saturated rings. The Morgan fingerprint density at radius 3 is 2.81 bits per heavy atom. The predicted octanol–water partition coefficient (Wildman–Crippen LogP) is 1.38. The normalized spacial score (nSPS) is 10.4. The van der Waals surface area contributed by atoms with E-state index in [1.165, 1.54) is 29.9 Å². The van der Waals surface area contributed by atoms with E-state index in [2.05, 4.69) is 4.98 Å². The maximum absolute atomic E-state index is 13.6. The van der Waals surface area contributed by atoms with Crippen LogP contribution in [0.3, 0.4) is 0 Å². The van der Waals surface area contributed by atoms with Crippen LogP contribution >= 0.6 is 12.2 Å². The number of hydrogen-bond donors (Lipinski definition) is 1. The quantitative estimate of drug-likeness (QED) is 0.864. The molecule has 110 valence electrons. The third-order valence-electron chi connectivity index (χ3n) is 2.92. The highest BCUT2D eigenvalue weighted by Gasteiger charge is 2.11. The third-order valence-corrected chi connectivity index (χ3v) is 3.14. The topological polar surface area (TPSA) is 70.1 Å². The molecule has 7 heteroatoms. The monoisotopic (exact) mass is 307 g/mol. The summed E-state index contributed by atoms with van der Waals surface area (Å²) in [4.78, 5) is 16.1. The average Bonchev–Trinajstić information content (AvgIpc) is 2.42. The molecule has 1 heterocycles. The number of nitrogens with zero attached hydrogens (tertiary/aromatic N) is 2. The number of rotatable bonds is 4. The summed E-state index contributed by atoms with van der Waals surface area (Å²) in [6, 6.07) is 5.94. The van der Waals surface area contributed by atoms with Crippen molar-refractivity contribution in [2.24, 2.45) is 5.73 Å². The number of halogens is 1. The first kappa shape index (κ1) is 15.1. The van der Waals surface area contributed by atoms with Crippen LogP contribution in [0.25, 0.3) is 0 Å². The number of benzene rings is 1. The summed E-state index contributed by atoms with van der Waals surface area (Å²) >= 11 is 4.80. The molecule has 5 nitrogen and oxygen atoms in total. The molecule has 0 unspecified atom stereocenters. The minimum Gasteiger partial charge on any atom is -0.468 e. The first-order valence-electron chi connectivity index (χ1n) is 6.13. The van der Waals surface area contributed by atoms with Crippen molar-refractivity contribution in [3.05, 3.63) is 57.3 Å². The van der Waals surface area contributed by atoms with Gasteiger partial charge >= 0.3 is 0 Å². The van der Waals surface area contributed by atoms with Crippen molar-refractivity contribution in [3.8, 4) is 6.01 Å². The van der Waals surface area contributed by atoms with Crippen molar-refractivity contribution in [1.29, 1.82) is 0 Å². The molecule has 2 aromatic rings. The molecule has 0 aliphatic heterocycles. The fourth-order valence-electron chi connectivity index (χ4n) is 1.94. The van der Waals surface area contributed by atoms with E-state index < -0.39 is 5.82 Å². The molecular formula is C14H14FN3O2S. The fraction of sp³-hybridized carbons (Fsp3) is 0.214. The Morgan fingerprint density at radius 2 is 2.19 bits per heavy atom. The van der Waals surface area contributed by atoms with Gasteiger partial charge in [-0.3, -0.25) is 9.36 Å². The summed E-state index contributed by atoms with van der Waals surface area (Å²) in [5.74, 6) is -0.493. The van der Waals surface area contributed by atoms with Gasteiger partial charge in [0, 0.05) is 17.3 Å². The molecule has 0 bridgehead atoms.